The summed E-state index contributed by atoms with van der Waals surface area (Å²) in [6, 6.07) is 8.24. The van der Waals surface area contributed by atoms with Crippen molar-refractivity contribution in [3.63, 3.8) is 0 Å². The fourth-order valence-corrected chi connectivity index (χ4v) is 3.32. The van der Waals surface area contributed by atoms with Crippen molar-refractivity contribution in [3.05, 3.63) is 47.2 Å². The van der Waals surface area contributed by atoms with Gasteiger partial charge in [0.25, 0.3) is 0 Å². The molecule has 2 aromatic rings. The number of carbonyl (C=O) groups excluding carboxylic acids is 1. The summed E-state index contributed by atoms with van der Waals surface area (Å²) in [5.74, 6) is 1.53. The van der Waals surface area contributed by atoms with E-state index in [1.54, 1.807) is 0 Å². The molecule has 5 nitrogen and oxygen atoms in total. The molecule has 1 N–H and O–H groups in total. The minimum absolute atomic E-state index is 0.0163. The first kappa shape index (κ1) is 15.4. The van der Waals surface area contributed by atoms with Gasteiger partial charge in [0.2, 0.25) is 5.91 Å². The Morgan fingerprint density at radius 2 is 2.21 bits per heavy atom. The second kappa shape index (κ2) is 6.40. The maximum Gasteiger partial charge on any atom is 0.228 e. The Morgan fingerprint density at radius 3 is 3.04 bits per heavy atom. The van der Waals surface area contributed by atoms with Gasteiger partial charge in [0, 0.05) is 12.1 Å². The number of nitrogens with zero attached hydrogens (tertiary/aromatic N) is 2. The SMILES string of the molecule is Cc1cnn(CC2CC2)c1NC(=O)CC1OCCc2ccccc21. The molecule has 126 valence electrons. The van der Waals surface area contributed by atoms with Crippen LogP contribution in [0.3, 0.4) is 0 Å². The van der Waals surface area contributed by atoms with Crippen LogP contribution in [0.1, 0.15) is 42.1 Å². The highest BCUT2D eigenvalue weighted by Gasteiger charge is 2.26. The Balaban J connectivity index is 1.45. The smallest absolute Gasteiger partial charge is 0.228 e. The van der Waals surface area contributed by atoms with Gasteiger partial charge in [-0.2, -0.15) is 5.10 Å². The van der Waals surface area contributed by atoms with Crippen molar-refractivity contribution in [2.75, 3.05) is 11.9 Å². The van der Waals surface area contributed by atoms with Crippen molar-refractivity contribution in [2.24, 2.45) is 5.92 Å². The average Bonchev–Trinajstić information content (AvgIpc) is 3.34. The van der Waals surface area contributed by atoms with Gasteiger partial charge in [0.05, 0.1) is 25.3 Å². The standard InChI is InChI=1S/C19H23N3O2/c1-13-11-20-22(12-14-6-7-14)19(13)21-18(23)10-17-16-5-3-2-4-15(16)8-9-24-17/h2-5,11,14,17H,6-10,12H2,1H3,(H,21,23). The number of anilines is 1. The third-order valence-electron chi connectivity index (χ3n) is 4.87. The van der Waals surface area contributed by atoms with Gasteiger partial charge in [-0.15, -0.1) is 0 Å². The number of nitrogens with one attached hydrogen (secondary N) is 1. The summed E-state index contributed by atoms with van der Waals surface area (Å²) < 4.78 is 7.78. The van der Waals surface area contributed by atoms with Crippen molar-refractivity contribution >= 4 is 11.7 Å². The van der Waals surface area contributed by atoms with Crippen LogP contribution in [0, 0.1) is 12.8 Å². The molecule has 1 fully saturated rings. The molecule has 5 heteroatoms. The van der Waals surface area contributed by atoms with Crippen LogP contribution >= 0.6 is 0 Å². The lowest BCUT2D eigenvalue weighted by Gasteiger charge is -2.25. The van der Waals surface area contributed by atoms with Crippen LogP contribution < -0.4 is 5.32 Å². The molecule has 1 aliphatic heterocycles. The molecule has 0 saturated heterocycles. The zero-order chi connectivity index (χ0) is 16.5. The van der Waals surface area contributed by atoms with E-state index in [2.05, 4.69) is 22.5 Å². The lowest BCUT2D eigenvalue weighted by molar-refractivity contribution is -0.119. The van der Waals surface area contributed by atoms with Crippen LogP contribution in [0.15, 0.2) is 30.5 Å². The van der Waals surface area contributed by atoms with Gasteiger partial charge in [0.15, 0.2) is 0 Å². The van der Waals surface area contributed by atoms with Crippen LogP contribution in [0.2, 0.25) is 0 Å². The van der Waals surface area contributed by atoms with Crippen LogP contribution in [-0.4, -0.2) is 22.3 Å². The predicted octanol–water partition coefficient (Wildman–Crippen LogP) is 3.24. The van der Waals surface area contributed by atoms with Gasteiger partial charge < -0.3 is 10.1 Å². The molecule has 1 atom stereocenters. The highest BCUT2D eigenvalue weighted by molar-refractivity contribution is 5.91. The van der Waals surface area contributed by atoms with Gasteiger partial charge in [0.1, 0.15) is 5.82 Å². The summed E-state index contributed by atoms with van der Waals surface area (Å²) in [5, 5.41) is 7.45. The van der Waals surface area contributed by atoms with E-state index in [0.717, 1.165) is 29.9 Å². The fourth-order valence-electron chi connectivity index (χ4n) is 3.32. The van der Waals surface area contributed by atoms with Crippen LogP contribution in [0.5, 0.6) is 0 Å². The van der Waals surface area contributed by atoms with Crippen molar-refractivity contribution < 1.29 is 9.53 Å². The molecule has 1 aromatic carbocycles. The Kier molecular flexibility index (Phi) is 4.10. The van der Waals surface area contributed by atoms with E-state index in [9.17, 15) is 4.79 Å². The number of carbonyl (C=O) groups is 1. The van der Waals surface area contributed by atoms with Gasteiger partial charge in [-0.3, -0.25) is 4.79 Å². The molecule has 4 rings (SSSR count). The lowest BCUT2D eigenvalue weighted by atomic mass is 9.95. The molecule has 1 unspecified atom stereocenters. The number of hydrogen-bond acceptors (Lipinski definition) is 3. The maximum absolute atomic E-state index is 12.6. The number of ether oxygens (including phenoxy) is 1. The van der Waals surface area contributed by atoms with Crippen molar-refractivity contribution in [3.8, 4) is 0 Å². The average molecular weight is 325 g/mol. The van der Waals surface area contributed by atoms with E-state index < -0.39 is 0 Å². The molecular weight excluding hydrogens is 302 g/mol. The molecule has 1 aromatic heterocycles. The van der Waals surface area contributed by atoms with E-state index in [0.29, 0.717) is 18.9 Å². The van der Waals surface area contributed by atoms with E-state index >= 15 is 0 Å². The van der Waals surface area contributed by atoms with Crippen molar-refractivity contribution in [1.29, 1.82) is 0 Å². The number of aryl methyl sites for hydroxylation is 1. The number of fused-ring (bicyclic) bond motifs is 1. The minimum Gasteiger partial charge on any atom is -0.373 e. The van der Waals surface area contributed by atoms with Crippen LogP contribution in [-0.2, 0) is 22.5 Å². The summed E-state index contributed by atoms with van der Waals surface area (Å²) in [4.78, 5) is 12.6. The van der Waals surface area contributed by atoms with Crippen molar-refractivity contribution in [1.82, 2.24) is 9.78 Å². The third-order valence-corrected chi connectivity index (χ3v) is 4.87. The Morgan fingerprint density at radius 1 is 1.38 bits per heavy atom. The molecule has 1 aliphatic carbocycles. The monoisotopic (exact) mass is 325 g/mol. The maximum atomic E-state index is 12.6. The van der Waals surface area contributed by atoms with E-state index in [4.69, 9.17) is 4.74 Å². The van der Waals surface area contributed by atoms with E-state index in [-0.39, 0.29) is 12.0 Å². The molecular formula is C19H23N3O2. The first-order chi connectivity index (χ1) is 11.7. The third kappa shape index (κ3) is 3.22. The zero-order valence-corrected chi connectivity index (χ0v) is 14.0. The summed E-state index contributed by atoms with van der Waals surface area (Å²) in [6.07, 6.45) is 5.45. The minimum atomic E-state index is -0.157. The Labute approximate surface area is 142 Å². The summed E-state index contributed by atoms with van der Waals surface area (Å²) in [5.41, 5.74) is 3.44. The zero-order valence-electron chi connectivity index (χ0n) is 14.0. The first-order valence-corrected chi connectivity index (χ1v) is 8.72. The van der Waals surface area contributed by atoms with Gasteiger partial charge >= 0.3 is 0 Å². The summed E-state index contributed by atoms with van der Waals surface area (Å²) in [7, 11) is 0. The first-order valence-electron chi connectivity index (χ1n) is 8.72. The Bertz CT molecular complexity index is 749. The Hall–Kier alpha value is -2.14. The number of benzene rings is 1. The largest absolute Gasteiger partial charge is 0.373 e. The van der Waals surface area contributed by atoms with E-state index in [1.807, 2.05) is 29.9 Å². The number of hydrogen-bond donors (Lipinski definition) is 1. The van der Waals surface area contributed by atoms with Crippen molar-refractivity contribution in [2.45, 2.75) is 45.3 Å². The molecule has 0 radical (unpaired) electrons. The molecule has 2 heterocycles. The second-order valence-corrected chi connectivity index (χ2v) is 6.86. The molecule has 2 aliphatic rings. The number of aromatic nitrogens is 2. The predicted molar refractivity (Wildman–Crippen MR) is 91.8 cm³/mol. The highest BCUT2D eigenvalue weighted by atomic mass is 16.5. The quantitative estimate of drug-likeness (QED) is 0.918. The molecule has 0 bridgehead atoms. The molecule has 1 amide bonds. The fraction of sp³-hybridized carbons (Fsp3) is 0.474. The summed E-state index contributed by atoms with van der Waals surface area (Å²) in [6.45, 7) is 3.55. The van der Waals surface area contributed by atoms with Gasteiger partial charge in [-0.25, -0.2) is 4.68 Å². The topological polar surface area (TPSA) is 56.2 Å². The number of amides is 1. The van der Waals surface area contributed by atoms with Crippen LogP contribution in [0.4, 0.5) is 5.82 Å². The number of rotatable bonds is 5. The van der Waals surface area contributed by atoms with E-state index in [1.165, 1.54) is 18.4 Å². The summed E-state index contributed by atoms with van der Waals surface area (Å²) >= 11 is 0. The molecule has 0 spiro atoms. The van der Waals surface area contributed by atoms with Gasteiger partial charge in [-0.05, 0) is 43.2 Å². The normalized spacial score (nSPS) is 19.8. The van der Waals surface area contributed by atoms with Gasteiger partial charge in [-0.1, -0.05) is 24.3 Å². The highest BCUT2D eigenvalue weighted by Crippen LogP contribution is 2.32. The molecule has 24 heavy (non-hydrogen) atoms. The molecule has 1 saturated carbocycles. The second-order valence-electron chi connectivity index (χ2n) is 6.86. The van der Waals surface area contributed by atoms with Crippen LogP contribution in [0.25, 0.3) is 0 Å². The lowest BCUT2D eigenvalue weighted by Crippen LogP contribution is -2.23.